The molecule has 1 aromatic heterocycles. The van der Waals surface area contributed by atoms with Crippen molar-refractivity contribution in [1.29, 1.82) is 0 Å². The van der Waals surface area contributed by atoms with E-state index in [1.165, 1.54) is 18.5 Å². The lowest BCUT2D eigenvalue weighted by Gasteiger charge is -2.18. The van der Waals surface area contributed by atoms with Crippen molar-refractivity contribution in [3.63, 3.8) is 0 Å². The van der Waals surface area contributed by atoms with Crippen LogP contribution >= 0.6 is 0 Å². The van der Waals surface area contributed by atoms with Crippen LogP contribution in [0.15, 0.2) is 6.20 Å². The molecule has 0 aliphatic carbocycles. The zero-order chi connectivity index (χ0) is 12.4. The van der Waals surface area contributed by atoms with Gasteiger partial charge in [0.15, 0.2) is 0 Å². The van der Waals surface area contributed by atoms with Crippen LogP contribution in [0, 0.1) is 6.92 Å². The third kappa shape index (κ3) is 3.30. The second-order valence-corrected chi connectivity index (χ2v) is 5.46. The Morgan fingerprint density at radius 3 is 2.88 bits per heavy atom. The zero-order valence-electron chi connectivity index (χ0n) is 11.4. The summed E-state index contributed by atoms with van der Waals surface area (Å²) in [5, 5.41) is 8.01. The molecule has 96 valence electrons. The lowest BCUT2D eigenvalue weighted by molar-refractivity contribution is 0.316. The minimum atomic E-state index is 0.583. The molecule has 1 aliphatic rings. The van der Waals surface area contributed by atoms with Gasteiger partial charge in [0.25, 0.3) is 0 Å². The maximum atomic E-state index is 4.39. The SMILES string of the molecule is Cc1nn(C)cc1CN1CCC(NC(C)C)C1. The minimum absolute atomic E-state index is 0.583. The highest BCUT2D eigenvalue weighted by atomic mass is 15.3. The predicted molar refractivity (Wildman–Crippen MR) is 69.9 cm³/mol. The van der Waals surface area contributed by atoms with E-state index in [-0.39, 0.29) is 0 Å². The lowest BCUT2D eigenvalue weighted by atomic mass is 10.2. The number of aromatic nitrogens is 2. The topological polar surface area (TPSA) is 33.1 Å². The molecular weight excluding hydrogens is 212 g/mol. The Hall–Kier alpha value is -0.870. The molecule has 1 aromatic rings. The van der Waals surface area contributed by atoms with Gasteiger partial charge in [-0.15, -0.1) is 0 Å². The summed E-state index contributed by atoms with van der Waals surface area (Å²) in [4.78, 5) is 2.52. The molecular formula is C13H24N4. The van der Waals surface area contributed by atoms with Crippen molar-refractivity contribution < 1.29 is 0 Å². The van der Waals surface area contributed by atoms with Crippen LogP contribution in [0.3, 0.4) is 0 Å². The van der Waals surface area contributed by atoms with E-state index in [4.69, 9.17) is 0 Å². The maximum Gasteiger partial charge on any atom is 0.0638 e. The highest BCUT2D eigenvalue weighted by Gasteiger charge is 2.23. The first kappa shape index (κ1) is 12.6. The molecule has 0 radical (unpaired) electrons. The van der Waals surface area contributed by atoms with Crippen molar-refractivity contribution in [2.75, 3.05) is 13.1 Å². The van der Waals surface area contributed by atoms with E-state index in [0.29, 0.717) is 12.1 Å². The molecule has 0 bridgehead atoms. The van der Waals surface area contributed by atoms with Gasteiger partial charge in [-0.05, 0) is 13.3 Å². The third-order valence-electron chi connectivity index (χ3n) is 3.35. The van der Waals surface area contributed by atoms with Crippen LogP contribution in [0.5, 0.6) is 0 Å². The summed E-state index contributed by atoms with van der Waals surface area (Å²) in [6.07, 6.45) is 3.40. The third-order valence-corrected chi connectivity index (χ3v) is 3.35. The number of aryl methyl sites for hydroxylation is 2. The van der Waals surface area contributed by atoms with E-state index < -0.39 is 0 Å². The molecule has 4 heteroatoms. The molecule has 1 N–H and O–H groups in total. The van der Waals surface area contributed by atoms with E-state index >= 15 is 0 Å². The summed E-state index contributed by atoms with van der Waals surface area (Å²) in [6.45, 7) is 9.91. The molecule has 0 saturated carbocycles. The summed E-state index contributed by atoms with van der Waals surface area (Å²) in [5.74, 6) is 0. The summed E-state index contributed by atoms with van der Waals surface area (Å²) in [5.41, 5.74) is 2.52. The van der Waals surface area contributed by atoms with Crippen LogP contribution in [0.25, 0.3) is 0 Å². The average molecular weight is 236 g/mol. The molecule has 1 atom stereocenters. The first-order chi connectivity index (χ1) is 8.04. The molecule has 1 saturated heterocycles. The van der Waals surface area contributed by atoms with Crippen molar-refractivity contribution in [3.05, 3.63) is 17.5 Å². The monoisotopic (exact) mass is 236 g/mol. The second kappa shape index (κ2) is 5.19. The molecule has 2 heterocycles. The number of nitrogens with zero attached hydrogens (tertiary/aromatic N) is 3. The Morgan fingerprint density at radius 2 is 2.29 bits per heavy atom. The summed E-state index contributed by atoms with van der Waals surface area (Å²) in [7, 11) is 1.99. The summed E-state index contributed by atoms with van der Waals surface area (Å²) in [6, 6.07) is 1.24. The van der Waals surface area contributed by atoms with Crippen molar-refractivity contribution >= 4 is 0 Å². The number of rotatable bonds is 4. The molecule has 4 nitrogen and oxygen atoms in total. The molecule has 2 rings (SSSR count). The van der Waals surface area contributed by atoms with Crippen LogP contribution in [0.1, 0.15) is 31.5 Å². The van der Waals surface area contributed by atoms with Crippen molar-refractivity contribution in [1.82, 2.24) is 20.0 Å². The van der Waals surface area contributed by atoms with Crippen LogP contribution < -0.4 is 5.32 Å². The van der Waals surface area contributed by atoms with Gasteiger partial charge in [-0.25, -0.2) is 0 Å². The van der Waals surface area contributed by atoms with E-state index in [9.17, 15) is 0 Å². The normalized spacial score (nSPS) is 21.6. The highest BCUT2D eigenvalue weighted by molar-refractivity contribution is 5.15. The fourth-order valence-corrected chi connectivity index (χ4v) is 2.63. The van der Waals surface area contributed by atoms with Gasteiger partial charge in [0.2, 0.25) is 0 Å². The largest absolute Gasteiger partial charge is 0.310 e. The fourth-order valence-electron chi connectivity index (χ4n) is 2.63. The van der Waals surface area contributed by atoms with E-state index in [1.807, 2.05) is 11.7 Å². The van der Waals surface area contributed by atoms with Crippen molar-refractivity contribution in [2.45, 2.75) is 45.8 Å². The Balaban J connectivity index is 1.87. The van der Waals surface area contributed by atoms with Gasteiger partial charge < -0.3 is 5.32 Å². The second-order valence-electron chi connectivity index (χ2n) is 5.46. The molecule has 17 heavy (non-hydrogen) atoms. The first-order valence-corrected chi connectivity index (χ1v) is 6.52. The molecule has 0 amide bonds. The number of hydrogen-bond acceptors (Lipinski definition) is 3. The van der Waals surface area contributed by atoms with Gasteiger partial charge >= 0.3 is 0 Å². The lowest BCUT2D eigenvalue weighted by Crippen LogP contribution is -2.36. The minimum Gasteiger partial charge on any atom is -0.310 e. The Labute approximate surface area is 104 Å². The van der Waals surface area contributed by atoms with Gasteiger partial charge in [0.05, 0.1) is 5.69 Å². The van der Waals surface area contributed by atoms with Crippen molar-refractivity contribution in [3.8, 4) is 0 Å². The Morgan fingerprint density at radius 1 is 1.53 bits per heavy atom. The van der Waals surface area contributed by atoms with Gasteiger partial charge in [0, 0.05) is 50.5 Å². The molecule has 1 aliphatic heterocycles. The van der Waals surface area contributed by atoms with Gasteiger partial charge in [0.1, 0.15) is 0 Å². The molecule has 0 aromatic carbocycles. The van der Waals surface area contributed by atoms with E-state index in [2.05, 4.69) is 42.3 Å². The molecule has 1 unspecified atom stereocenters. The van der Waals surface area contributed by atoms with Crippen LogP contribution in [-0.2, 0) is 13.6 Å². The number of nitrogens with one attached hydrogen (secondary N) is 1. The molecule has 1 fully saturated rings. The smallest absolute Gasteiger partial charge is 0.0638 e. The number of likely N-dealkylation sites (tertiary alicyclic amines) is 1. The average Bonchev–Trinajstić information content (AvgIpc) is 2.74. The van der Waals surface area contributed by atoms with E-state index in [1.54, 1.807) is 0 Å². The molecule has 0 spiro atoms. The van der Waals surface area contributed by atoms with Gasteiger partial charge in [-0.2, -0.15) is 5.10 Å². The summed E-state index contributed by atoms with van der Waals surface area (Å²) < 4.78 is 1.91. The fraction of sp³-hybridized carbons (Fsp3) is 0.769. The first-order valence-electron chi connectivity index (χ1n) is 6.52. The maximum absolute atomic E-state index is 4.39. The van der Waals surface area contributed by atoms with E-state index in [0.717, 1.165) is 18.8 Å². The van der Waals surface area contributed by atoms with Crippen LogP contribution in [0.2, 0.25) is 0 Å². The predicted octanol–water partition coefficient (Wildman–Crippen LogP) is 1.30. The van der Waals surface area contributed by atoms with Gasteiger partial charge in [-0.1, -0.05) is 13.8 Å². The number of hydrogen-bond donors (Lipinski definition) is 1. The van der Waals surface area contributed by atoms with Crippen molar-refractivity contribution in [2.24, 2.45) is 7.05 Å². The highest BCUT2D eigenvalue weighted by Crippen LogP contribution is 2.15. The Kier molecular flexibility index (Phi) is 3.84. The summed E-state index contributed by atoms with van der Waals surface area (Å²) >= 11 is 0. The Bertz CT molecular complexity index is 369. The van der Waals surface area contributed by atoms with Crippen LogP contribution in [0.4, 0.5) is 0 Å². The van der Waals surface area contributed by atoms with Crippen LogP contribution in [-0.4, -0.2) is 39.9 Å². The standard InChI is InChI=1S/C13H24N4/c1-10(2)14-13-5-6-17(9-13)8-12-7-16(4)15-11(12)3/h7,10,13-14H,5-6,8-9H2,1-4H3. The van der Waals surface area contributed by atoms with Gasteiger partial charge in [-0.3, -0.25) is 9.58 Å². The zero-order valence-corrected chi connectivity index (χ0v) is 11.4. The quantitative estimate of drug-likeness (QED) is 0.855.